The molecule has 1 atom stereocenters. The SMILES string of the molecule is CCOCC(NN)c1ccc(Cl)c(Cl)c1. The number of benzene rings is 1. The van der Waals surface area contributed by atoms with E-state index in [2.05, 4.69) is 5.43 Å². The van der Waals surface area contributed by atoms with E-state index in [9.17, 15) is 0 Å². The number of hydrogen-bond donors (Lipinski definition) is 2. The van der Waals surface area contributed by atoms with Gasteiger partial charge in [-0.2, -0.15) is 0 Å². The average molecular weight is 249 g/mol. The molecule has 5 heteroatoms. The third kappa shape index (κ3) is 3.63. The molecule has 0 aliphatic carbocycles. The first-order valence-electron chi connectivity index (χ1n) is 4.67. The maximum atomic E-state index is 5.91. The Bertz CT molecular complexity index is 320. The van der Waals surface area contributed by atoms with Crippen molar-refractivity contribution >= 4 is 23.2 Å². The summed E-state index contributed by atoms with van der Waals surface area (Å²) in [6.45, 7) is 3.09. The molecule has 0 saturated heterocycles. The summed E-state index contributed by atoms with van der Waals surface area (Å²) >= 11 is 11.7. The zero-order chi connectivity index (χ0) is 11.3. The van der Waals surface area contributed by atoms with Gasteiger partial charge >= 0.3 is 0 Å². The fourth-order valence-corrected chi connectivity index (χ4v) is 1.51. The molecule has 3 nitrogen and oxygen atoms in total. The molecule has 0 aliphatic heterocycles. The van der Waals surface area contributed by atoms with E-state index >= 15 is 0 Å². The van der Waals surface area contributed by atoms with Crippen LogP contribution in [0.15, 0.2) is 18.2 Å². The van der Waals surface area contributed by atoms with Crippen LogP contribution in [0.4, 0.5) is 0 Å². The second-order valence-corrected chi connectivity index (χ2v) is 3.87. The molecule has 0 aliphatic rings. The van der Waals surface area contributed by atoms with Crippen molar-refractivity contribution in [1.82, 2.24) is 5.43 Å². The summed E-state index contributed by atoms with van der Waals surface area (Å²) < 4.78 is 5.29. The third-order valence-electron chi connectivity index (χ3n) is 2.04. The monoisotopic (exact) mass is 248 g/mol. The molecule has 3 N–H and O–H groups in total. The highest BCUT2D eigenvalue weighted by atomic mass is 35.5. The first kappa shape index (κ1) is 12.7. The van der Waals surface area contributed by atoms with Crippen molar-refractivity contribution in [3.8, 4) is 0 Å². The first-order valence-corrected chi connectivity index (χ1v) is 5.43. The number of hydrogen-bond acceptors (Lipinski definition) is 3. The first-order chi connectivity index (χ1) is 7.19. The predicted molar refractivity (Wildman–Crippen MR) is 63.0 cm³/mol. The summed E-state index contributed by atoms with van der Waals surface area (Å²) in [6.07, 6.45) is 0. The fraction of sp³-hybridized carbons (Fsp3) is 0.400. The smallest absolute Gasteiger partial charge is 0.0694 e. The Morgan fingerprint density at radius 2 is 2.13 bits per heavy atom. The van der Waals surface area contributed by atoms with Crippen LogP contribution in [-0.2, 0) is 4.74 Å². The van der Waals surface area contributed by atoms with Crippen molar-refractivity contribution in [1.29, 1.82) is 0 Å². The van der Waals surface area contributed by atoms with E-state index in [0.29, 0.717) is 23.3 Å². The lowest BCUT2D eigenvalue weighted by molar-refractivity contribution is 0.123. The molecule has 0 amide bonds. The number of hydrazine groups is 1. The second kappa shape index (κ2) is 6.30. The average Bonchev–Trinajstić information content (AvgIpc) is 2.24. The molecular formula is C10H14Cl2N2O. The molecule has 1 rings (SSSR count). The number of nitrogens with one attached hydrogen (secondary N) is 1. The number of nitrogens with two attached hydrogens (primary N) is 1. The van der Waals surface area contributed by atoms with Crippen molar-refractivity contribution in [2.24, 2.45) is 5.84 Å². The normalized spacial score (nSPS) is 12.8. The van der Waals surface area contributed by atoms with E-state index < -0.39 is 0 Å². The molecule has 1 aromatic carbocycles. The van der Waals surface area contributed by atoms with Crippen molar-refractivity contribution < 1.29 is 4.74 Å². The lowest BCUT2D eigenvalue weighted by atomic mass is 10.1. The lowest BCUT2D eigenvalue weighted by Crippen LogP contribution is -2.31. The van der Waals surface area contributed by atoms with Gasteiger partial charge in [-0.25, -0.2) is 0 Å². The molecule has 0 heterocycles. The summed E-state index contributed by atoms with van der Waals surface area (Å²) in [5, 5.41) is 1.05. The highest BCUT2D eigenvalue weighted by Crippen LogP contribution is 2.25. The van der Waals surface area contributed by atoms with Crippen molar-refractivity contribution in [3.63, 3.8) is 0 Å². The van der Waals surface area contributed by atoms with E-state index in [1.807, 2.05) is 13.0 Å². The van der Waals surface area contributed by atoms with Gasteiger partial charge in [0.05, 0.1) is 22.7 Å². The van der Waals surface area contributed by atoms with E-state index in [1.165, 1.54) is 0 Å². The van der Waals surface area contributed by atoms with Crippen molar-refractivity contribution in [2.45, 2.75) is 13.0 Å². The van der Waals surface area contributed by atoms with Gasteiger partial charge in [0.2, 0.25) is 0 Å². The van der Waals surface area contributed by atoms with Gasteiger partial charge in [-0.1, -0.05) is 29.3 Å². The molecule has 1 unspecified atom stereocenters. The highest BCUT2D eigenvalue weighted by Gasteiger charge is 2.10. The molecule has 0 bridgehead atoms. The van der Waals surface area contributed by atoms with Crippen LogP contribution in [0.2, 0.25) is 10.0 Å². The van der Waals surface area contributed by atoms with Gasteiger partial charge in [-0.05, 0) is 24.6 Å². The summed E-state index contributed by atoms with van der Waals surface area (Å²) in [5.74, 6) is 5.43. The Balaban J connectivity index is 2.78. The van der Waals surface area contributed by atoms with E-state index in [-0.39, 0.29) is 6.04 Å². The van der Waals surface area contributed by atoms with Crippen molar-refractivity contribution in [2.75, 3.05) is 13.2 Å². The largest absolute Gasteiger partial charge is 0.380 e. The minimum atomic E-state index is -0.0697. The Kier molecular flexibility index (Phi) is 5.36. The Hall–Kier alpha value is -0.320. The summed E-state index contributed by atoms with van der Waals surface area (Å²) in [7, 11) is 0. The Labute approximate surface area is 99.5 Å². The second-order valence-electron chi connectivity index (χ2n) is 3.05. The van der Waals surface area contributed by atoms with E-state index in [4.69, 9.17) is 33.8 Å². The number of rotatable bonds is 5. The molecular weight excluding hydrogens is 235 g/mol. The molecule has 84 valence electrons. The van der Waals surface area contributed by atoms with Crippen LogP contribution >= 0.6 is 23.2 Å². The van der Waals surface area contributed by atoms with Gasteiger partial charge in [-0.3, -0.25) is 11.3 Å². The van der Waals surface area contributed by atoms with Gasteiger partial charge in [-0.15, -0.1) is 0 Å². The minimum absolute atomic E-state index is 0.0697. The topological polar surface area (TPSA) is 47.3 Å². The van der Waals surface area contributed by atoms with Crippen molar-refractivity contribution in [3.05, 3.63) is 33.8 Å². The van der Waals surface area contributed by atoms with Crippen LogP contribution in [-0.4, -0.2) is 13.2 Å². The van der Waals surface area contributed by atoms with Gasteiger partial charge in [0.15, 0.2) is 0 Å². The van der Waals surface area contributed by atoms with Crippen LogP contribution in [0.25, 0.3) is 0 Å². The molecule has 0 saturated carbocycles. The van der Waals surface area contributed by atoms with Crippen LogP contribution in [0, 0.1) is 0 Å². The van der Waals surface area contributed by atoms with E-state index in [0.717, 1.165) is 5.56 Å². The highest BCUT2D eigenvalue weighted by molar-refractivity contribution is 6.42. The Morgan fingerprint density at radius 3 is 2.67 bits per heavy atom. The van der Waals surface area contributed by atoms with Gasteiger partial charge in [0.25, 0.3) is 0 Å². The summed E-state index contributed by atoms with van der Waals surface area (Å²) in [4.78, 5) is 0. The lowest BCUT2D eigenvalue weighted by Gasteiger charge is -2.16. The summed E-state index contributed by atoms with van der Waals surface area (Å²) in [6, 6.07) is 5.33. The van der Waals surface area contributed by atoms with Crippen LogP contribution in [0.1, 0.15) is 18.5 Å². The molecule has 0 aromatic heterocycles. The minimum Gasteiger partial charge on any atom is -0.380 e. The zero-order valence-electron chi connectivity index (χ0n) is 8.47. The number of ether oxygens (including phenoxy) is 1. The molecule has 0 radical (unpaired) electrons. The molecule has 1 aromatic rings. The van der Waals surface area contributed by atoms with Gasteiger partial charge < -0.3 is 4.74 Å². The van der Waals surface area contributed by atoms with Crippen LogP contribution in [0.3, 0.4) is 0 Å². The van der Waals surface area contributed by atoms with Gasteiger partial charge in [0.1, 0.15) is 0 Å². The molecule has 0 fully saturated rings. The van der Waals surface area contributed by atoms with Crippen LogP contribution in [0.5, 0.6) is 0 Å². The predicted octanol–water partition coefficient (Wildman–Crippen LogP) is 2.53. The third-order valence-corrected chi connectivity index (χ3v) is 2.77. The Morgan fingerprint density at radius 1 is 1.40 bits per heavy atom. The van der Waals surface area contributed by atoms with Gasteiger partial charge in [0, 0.05) is 6.61 Å². The maximum absolute atomic E-state index is 5.91. The van der Waals surface area contributed by atoms with Crippen LogP contribution < -0.4 is 11.3 Å². The maximum Gasteiger partial charge on any atom is 0.0694 e. The van der Waals surface area contributed by atoms with E-state index in [1.54, 1.807) is 12.1 Å². The summed E-state index contributed by atoms with van der Waals surface area (Å²) in [5.41, 5.74) is 3.63. The molecule has 15 heavy (non-hydrogen) atoms. The fourth-order valence-electron chi connectivity index (χ4n) is 1.21. The zero-order valence-corrected chi connectivity index (χ0v) is 9.98. The number of halogens is 2. The quantitative estimate of drug-likeness (QED) is 0.622. The standard InChI is InChI=1S/C10H14Cl2N2O/c1-2-15-6-10(14-13)7-3-4-8(11)9(12)5-7/h3-5,10,14H,2,6,13H2,1H3. The molecule has 0 spiro atoms.